The Bertz CT molecular complexity index is 655. The van der Waals surface area contributed by atoms with Crippen LogP contribution in [0, 0.1) is 5.92 Å². The van der Waals surface area contributed by atoms with Crippen molar-refractivity contribution in [2.45, 2.75) is 19.6 Å². The van der Waals surface area contributed by atoms with Crippen LogP contribution in [0.25, 0.3) is 0 Å². The molecule has 0 aliphatic carbocycles. The second-order valence-corrected chi connectivity index (χ2v) is 7.28. The van der Waals surface area contributed by atoms with E-state index in [4.69, 9.17) is 4.74 Å². The number of likely N-dealkylation sites (N-methyl/N-ethyl adjacent to an activating group) is 1. The summed E-state index contributed by atoms with van der Waals surface area (Å²) in [4.78, 5) is 24.2. The first kappa shape index (κ1) is 17.1. The minimum atomic E-state index is -0.00779. The lowest BCUT2D eigenvalue weighted by molar-refractivity contribution is -0.134. The third-order valence-corrected chi connectivity index (χ3v) is 4.84. The van der Waals surface area contributed by atoms with E-state index in [1.807, 2.05) is 24.1 Å². The monoisotopic (exact) mass is 349 g/mol. The lowest BCUT2D eigenvalue weighted by atomic mass is 10.1. The van der Waals surface area contributed by atoms with Gasteiger partial charge in [0.05, 0.1) is 25.2 Å². The fourth-order valence-corrected chi connectivity index (χ4v) is 3.49. The molecule has 2 aromatic rings. The van der Waals surface area contributed by atoms with E-state index in [1.165, 1.54) is 5.69 Å². The van der Waals surface area contributed by atoms with Crippen molar-refractivity contribution in [2.24, 2.45) is 5.92 Å². The standard InChI is InChI=1S/C16H23N5O2S/c1-19(2)16(22)11-23-10-13-6-20(9-15-18-3-4-24-15)8-14-5-17-12-21(14)7-13/h3-5,12-13H,6-11H2,1-2H3/t13-/m0/s1. The van der Waals surface area contributed by atoms with Crippen molar-refractivity contribution in [3.8, 4) is 0 Å². The minimum absolute atomic E-state index is 0.00779. The molecule has 2 aromatic heterocycles. The van der Waals surface area contributed by atoms with Crippen LogP contribution < -0.4 is 0 Å². The van der Waals surface area contributed by atoms with Crippen LogP contribution in [-0.2, 0) is 29.2 Å². The van der Waals surface area contributed by atoms with Crippen LogP contribution in [0.2, 0.25) is 0 Å². The second kappa shape index (κ2) is 7.87. The smallest absolute Gasteiger partial charge is 0.248 e. The number of imidazole rings is 1. The quantitative estimate of drug-likeness (QED) is 0.781. The molecular weight excluding hydrogens is 326 g/mol. The largest absolute Gasteiger partial charge is 0.371 e. The van der Waals surface area contributed by atoms with Gasteiger partial charge in [-0.05, 0) is 0 Å². The molecule has 7 nitrogen and oxygen atoms in total. The lowest BCUT2D eigenvalue weighted by Crippen LogP contribution is -2.32. The Morgan fingerprint density at radius 2 is 2.33 bits per heavy atom. The molecule has 0 bridgehead atoms. The fraction of sp³-hybridized carbons (Fsp3) is 0.562. The highest BCUT2D eigenvalue weighted by atomic mass is 32.1. The molecule has 0 radical (unpaired) electrons. The Kier molecular flexibility index (Phi) is 5.60. The first-order valence-corrected chi connectivity index (χ1v) is 8.87. The molecule has 8 heteroatoms. The van der Waals surface area contributed by atoms with E-state index in [9.17, 15) is 4.79 Å². The van der Waals surface area contributed by atoms with Crippen LogP contribution in [0.3, 0.4) is 0 Å². The molecule has 1 atom stereocenters. The summed E-state index contributed by atoms with van der Waals surface area (Å²) in [6.07, 6.45) is 5.64. The van der Waals surface area contributed by atoms with Gasteiger partial charge in [0.15, 0.2) is 0 Å². The average molecular weight is 349 g/mol. The Morgan fingerprint density at radius 1 is 1.46 bits per heavy atom. The summed E-state index contributed by atoms with van der Waals surface area (Å²) in [6, 6.07) is 0. The van der Waals surface area contributed by atoms with Crippen molar-refractivity contribution in [1.82, 2.24) is 24.3 Å². The van der Waals surface area contributed by atoms with E-state index < -0.39 is 0 Å². The number of fused-ring (bicyclic) bond motifs is 1. The van der Waals surface area contributed by atoms with Crippen LogP contribution in [-0.4, -0.2) is 64.1 Å². The van der Waals surface area contributed by atoms with E-state index in [0.717, 1.165) is 31.2 Å². The summed E-state index contributed by atoms with van der Waals surface area (Å²) in [5.74, 6) is 0.307. The summed E-state index contributed by atoms with van der Waals surface area (Å²) in [6.45, 7) is 4.15. The number of aromatic nitrogens is 3. The number of hydrogen-bond donors (Lipinski definition) is 0. The zero-order valence-corrected chi connectivity index (χ0v) is 14.9. The number of carbonyl (C=O) groups is 1. The van der Waals surface area contributed by atoms with E-state index in [0.29, 0.717) is 12.5 Å². The minimum Gasteiger partial charge on any atom is -0.371 e. The molecular formula is C16H23N5O2S. The number of hydrogen-bond acceptors (Lipinski definition) is 6. The van der Waals surface area contributed by atoms with Crippen molar-refractivity contribution in [3.05, 3.63) is 34.8 Å². The van der Waals surface area contributed by atoms with Crippen molar-refractivity contribution in [2.75, 3.05) is 33.9 Å². The number of ether oxygens (including phenoxy) is 1. The maximum absolute atomic E-state index is 11.7. The summed E-state index contributed by atoms with van der Waals surface area (Å²) in [5.41, 5.74) is 1.21. The summed E-state index contributed by atoms with van der Waals surface area (Å²) in [5, 5.41) is 3.12. The average Bonchev–Trinajstić information content (AvgIpc) is 3.16. The van der Waals surface area contributed by atoms with Gasteiger partial charge in [0.2, 0.25) is 5.91 Å². The highest BCUT2D eigenvalue weighted by Crippen LogP contribution is 2.19. The van der Waals surface area contributed by atoms with E-state index in [2.05, 4.69) is 19.4 Å². The molecule has 24 heavy (non-hydrogen) atoms. The number of thiazole rings is 1. The number of amides is 1. The van der Waals surface area contributed by atoms with Crippen molar-refractivity contribution in [1.29, 1.82) is 0 Å². The molecule has 3 rings (SSSR count). The van der Waals surface area contributed by atoms with Crippen LogP contribution in [0.1, 0.15) is 10.7 Å². The molecule has 1 aliphatic rings. The van der Waals surface area contributed by atoms with E-state index in [1.54, 1.807) is 30.3 Å². The predicted molar refractivity (Wildman–Crippen MR) is 91.5 cm³/mol. The maximum atomic E-state index is 11.7. The Labute approximate surface area is 145 Å². The highest BCUT2D eigenvalue weighted by Gasteiger charge is 2.23. The van der Waals surface area contributed by atoms with Gasteiger partial charge >= 0.3 is 0 Å². The van der Waals surface area contributed by atoms with Gasteiger partial charge in [0, 0.05) is 57.4 Å². The Hall–Kier alpha value is -1.77. The van der Waals surface area contributed by atoms with Crippen molar-refractivity contribution in [3.63, 3.8) is 0 Å². The molecule has 0 saturated carbocycles. The van der Waals surface area contributed by atoms with E-state index in [-0.39, 0.29) is 12.5 Å². The molecule has 1 aliphatic heterocycles. The first-order valence-electron chi connectivity index (χ1n) is 7.99. The maximum Gasteiger partial charge on any atom is 0.248 e. The number of nitrogens with zero attached hydrogens (tertiary/aromatic N) is 5. The van der Waals surface area contributed by atoms with Crippen LogP contribution in [0.15, 0.2) is 24.1 Å². The summed E-state index contributed by atoms with van der Waals surface area (Å²) >= 11 is 1.68. The molecule has 3 heterocycles. The van der Waals surface area contributed by atoms with Gasteiger partial charge in [0.25, 0.3) is 0 Å². The molecule has 130 valence electrons. The molecule has 0 fully saturated rings. The molecule has 0 saturated heterocycles. The first-order chi connectivity index (χ1) is 11.6. The number of carbonyl (C=O) groups excluding carboxylic acids is 1. The molecule has 0 spiro atoms. The van der Waals surface area contributed by atoms with Crippen molar-refractivity contribution >= 4 is 17.2 Å². The summed E-state index contributed by atoms with van der Waals surface area (Å²) in [7, 11) is 3.48. The zero-order chi connectivity index (χ0) is 16.9. The zero-order valence-electron chi connectivity index (χ0n) is 14.1. The second-order valence-electron chi connectivity index (χ2n) is 6.30. The topological polar surface area (TPSA) is 63.5 Å². The van der Waals surface area contributed by atoms with Gasteiger partial charge in [-0.25, -0.2) is 9.97 Å². The van der Waals surface area contributed by atoms with Gasteiger partial charge in [0.1, 0.15) is 11.6 Å². The Morgan fingerprint density at radius 3 is 3.08 bits per heavy atom. The third kappa shape index (κ3) is 4.40. The van der Waals surface area contributed by atoms with Gasteiger partial charge in [-0.3, -0.25) is 9.69 Å². The Balaban J connectivity index is 1.62. The van der Waals surface area contributed by atoms with Crippen molar-refractivity contribution < 1.29 is 9.53 Å². The molecule has 0 unspecified atom stereocenters. The lowest BCUT2D eigenvalue weighted by Gasteiger charge is -2.23. The molecule has 0 N–H and O–H groups in total. The third-order valence-electron chi connectivity index (χ3n) is 4.08. The highest BCUT2D eigenvalue weighted by molar-refractivity contribution is 7.09. The van der Waals surface area contributed by atoms with Crippen LogP contribution in [0.4, 0.5) is 0 Å². The van der Waals surface area contributed by atoms with E-state index >= 15 is 0 Å². The van der Waals surface area contributed by atoms with Gasteiger partial charge in [-0.1, -0.05) is 0 Å². The van der Waals surface area contributed by atoms with Crippen LogP contribution in [0.5, 0.6) is 0 Å². The summed E-state index contributed by atoms with van der Waals surface area (Å²) < 4.78 is 7.85. The van der Waals surface area contributed by atoms with Gasteiger partial charge in [-0.15, -0.1) is 11.3 Å². The normalized spacial score (nSPS) is 18.2. The van der Waals surface area contributed by atoms with Gasteiger partial charge in [-0.2, -0.15) is 0 Å². The number of rotatable bonds is 6. The molecule has 0 aromatic carbocycles. The SMILES string of the molecule is CN(C)C(=O)COC[C@H]1CN(Cc2nccs2)Cc2cncn2C1. The molecule has 1 amide bonds. The predicted octanol–water partition coefficient (Wildman–Crippen LogP) is 1.08. The fourth-order valence-electron chi connectivity index (χ4n) is 2.83. The van der Waals surface area contributed by atoms with Gasteiger partial charge < -0.3 is 14.2 Å². The van der Waals surface area contributed by atoms with Crippen LogP contribution >= 0.6 is 11.3 Å².